The molecule has 1 aromatic heterocycles. The maximum atomic E-state index is 10.6. The lowest BCUT2D eigenvalue weighted by Gasteiger charge is -2.25. The van der Waals surface area contributed by atoms with Gasteiger partial charge in [-0.25, -0.2) is 0 Å². The molecule has 0 aliphatic carbocycles. The molecular weight excluding hydrogens is 380 g/mol. The van der Waals surface area contributed by atoms with Crippen molar-refractivity contribution in [2.75, 3.05) is 6.54 Å². The van der Waals surface area contributed by atoms with E-state index in [1.54, 1.807) is 6.92 Å². The molecule has 1 radical (unpaired) electrons. The van der Waals surface area contributed by atoms with Crippen LogP contribution in [-0.4, -0.2) is 16.2 Å². The Morgan fingerprint density at radius 3 is 2.07 bits per heavy atom. The summed E-state index contributed by atoms with van der Waals surface area (Å²) in [6.45, 7) is 2.21. The van der Waals surface area contributed by atoms with Crippen molar-refractivity contribution >= 4 is 22.5 Å². The Bertz CT molecular complexity index is 1060. The van der Waals surface area contributed by atoms with Crippen LogP contribution in [0.1, 0.15) is 35.3 Å². The van der Waals surface area contributed by atoms with Gasteiger partial charge in [0.1, 0.15) is 6.10 Å². The number of rotatable bonds is 6. The maximum Gasteiger partial charge on any atom is 0.122 e. The topological polar surface area (TPSA) is 51.2 Å². The summed E-state index contributed by atoms with van der Waals surface area (Å²) in [5, 5.41) is 12.2. The van der Waals surface area contributed by atoms with Crippen LogP contribution in [0.25, 0.3) is 10.9 Å². The molecule has 4 aromatic rings. The third kappa shape index (κ3) is 3.69. The minimum atomic E-state index is -0.0456. The van der Waals surface area contributed by atoms with Crippen LogP contribution in [0.15, 0.2) is 78.9 Å². The zero-order valence-corrected chi connectivity index (χ0v) is 17.1. The highest BCUT2D eigenvalue weighted by atomic mass is 35.5. The molecule has 0 bridgehead atoms. The second-order valence-electron chi connectivity index (χ2n) is 7.20. The van der Waals surface area contributed by atoms with Crippen molar-refractivity contribution in [2.24, 2.45) is 5.73 Å². The zero-order valence-electron chi connectivity index (χ0n) is 16.3. The first-order valence-corrected chi connectivity index (χ1v) is 10.1. The van der Waals surface area contributed by atoms with Crippen LogP contribution in [0.4, 0.5) is 0 Å². The molecule has 1 heterocycles. The van der Waals surface area contributed by atoms with Crippen molar-refractivity contribution in [1.82, 2.24) is 4.57 Å². The molecule has 0 saturated carbocycles. The number of benzene rings is 3. The fraction of sp³-hybridized carbons (Fsp3) is 0.160. The normalized spacial score (nSPS) is 11.7. The Kier molecular flexibility index (Phi) is 5.72. The monoisotopic (exact) mass is 403 g/mol. The quantitative estimate of drug-likeness (QED) is 0.433. The third-order valence-corrected chi connectivity index (χ3v) is 5.53. The number of nitrogens with zero attached hydrogens (tertiary/aromatic N) is 1. The van der Waals surface area contributed by atoms with Gasteiger partial charge in [0.2, 0.25) is 0 Å². The lowest BCUT2D eigenvalue weighted by Crippen LogP contribution is -2.18. The molecule has 0 spiro atoms. The highest BCUT2D eigenvalue weighted by Gasteiger charge is 2.27. The van der Waals surface area contributed by atoms with E-state index in [1.165, 1.54) is 11.1 Å². The lowest BCUT2D eigenvalue weighted by atomic mass is 9.97. The van der Waals surface area contributed by atoms with Gasteiger partial charge in [-0.2, -0.15) is 0 Å². The van der Waals surface area contributed by atoms with Crippen molar-refractivity contribution in [3.63, 3.8) is 0 Å². The second-order valence-corrected chi connectivity index (χ2v) is 7.64. The highest BCUT2D eigenvalue weighted by molar-refractivity contribution is 6.31. The average molecular weight is 404 g/mol. The van der Waals surface area contributed by atoms with E-state index in [0.29, 0.717) is 18.0 Å². The summed E-state index contributed by atoms with van der Waals surface area (Å²) >= 11 is 6.32. The summed E-state index contributed by atoms with van der Waals surface area (Å²) < 4.78 is 2.30. The zero-order chi connectivity index (χ0) is 20.4. The van der Waals surface area contributed by atoms with Gasteiger partial charge in [0, 0.05) is 33.6 Å². The van der Waals surface area contributed by atoms with Crippen LogP contribution >= 0.6 is 11.6 Å². The number of nitrogens with two attached hydrogens (primary N) is 1. The number of aliphatic hydroxyl groups is 1. The van der Waals surface area contributed by atoms with Crippen molar-refractivity contribution in [1.29, 1.82) is 0 Å². The van der Waals surface area contributed by atoms with Crippen molar-refractivity contribution in [3.05, 3.63) is 112 Å². The fourth-order valence-corrected chi connectivity index (χ4v) is 4.35. The maximum absolute atomic E-state index is 10.6. The molecule has 0 unspecified atom stereocenters. The average Bonchev–Trinajstić information content (AvgIpc) is 3.03. The van der Waals surface area contributed by atoms with E-state index in [4.69, 9.17) is 17.3 Å². The van der Waals surface area contributed by atoms with E-state index in [0.717, 1.165) is 22.2 Å². The largest absolute Gasteiger partial charge is 0.382 e. The second kappa shape index (κ2) is 8.42. The van der Waals surface area contributed by atoms with Crippen molar-refractivity contribution in [3.8, 4) is 0 Å². The van der Waals surface area contributed by atoms with E-state index in [2.05, 4.69) is 53.1 Å². The summed E-state index contributed by atoms with van der Waals surface area (Å²) in [6, 6.07) is 26.6. The molecule has 29 heavy (non-hydrogen) atoms. The van der Waals surface area contributed by atoms with Gasteiger partial charge in [0.15, 0.2) is 0 Å². The van der Waals surface area contributed by atoms with Gasteiger partial charge >= 0.3 is 0 Å². The summed E-state index contributed by atoms with van der Waals surface area (Å²) in [5.74, 6) is 0. The number of hydrogen-bond donors (Lipinski definition) is 2. The molecule has 3 aromatic carbocycles. The number of halogens is 1. The van der Waals surface area contributed by atoms with E-state index in [1.807, 2.05) is 30.3 Å². The number of fused-ring (bicyclic) bond motifs is 1. The molecule has 0 fully saturated rings. The summed E-state index contributed by atoms with van der Waals surface area (Å²) in [6.07, 6.45) is 0.926. The Balaban J connectivity index is 2.10. The Morgan fingerprint density at radius 1 is 0.966 bits per heavy atom. The molecule has 3 nitrogen and oxygen atoms in total. The molecule has 4 rings (SSSR count). The van der Waals surface area contributed by atoms with Gasteiger partial charge in [-0.15, -0.1) is 0 Å². The van der Waals surface area contributed by atoms with Crippen molar-refractivity contribution in [2.45, 2.75) is 19.4 Å². The molecule has 0 saturated heterocycles. The van der Waals surface area contributed by atoms with Gasteiger partial charge in [-0.05, 0) is 42.8 Å². The smallest absolute Gasteiger partial charge is 0.122 e. The van der Waals surface area contributed by atoms with E-state index in [-0.39, 0.29) is 12.1 Å². The van der Waals surface area contributed by atoms with E-state index < -0.39 is 0 Å². The predicted molar refractivity (Wildman–Crippen MR) is 120 cm³/mol. The first kappa shape index (κ1) is 19.7. The van der Waals surface area contributed by atoms with Gasteiger partial charge in [0.25, 0.3) is 0 Å². The predicted octanol–water partition coefficient (Wildman–Crippen LogP) is 5.71. The standard InChI is InChI=1S/C25H24ClN2O/c1-17(29)24-21-16-20(26)12-13-22(21)28(23(24)14-15-27)25(18-8-4-2-5-9-18)19-10-6-3-7-11-19/h2-13,16,25,29H,14-15,27H2,1H3. The molecule has 0 amide bonds. The minimum absolute atomic E-state index is 0.0456. The van der Waals surface area contributed by atoms with E-state index in [9.17, 15) is 5.11 Å². The number of aliphatic hydroxyl groups excluding tert-OH is 1. The highest BCUT2D eigenvalue weighted by Crippen LogP contribution is 2.39. The molecule has 3 N–H and O–H groups in total. The van der Waals surface area contributed by atoms with Gasteiger partial charge in [-0.3, -0.25) is 0 Å². The van der Waals surface area contributed by atoms with E-state index >= 15 is 0 Å². The molecular formula is C25H24ClN2O. The van der Waals surface area contributed by atoms with Crippen LogP contribution in [0, 0.1) is 6.10 Å². The van der Waals surface area contributed by atoms with Crippen molar-refractivity contribution < 1.29 is 5.11 Å². The van der Waals surface area contributed by atoms with Gasteiger partial charge in [0.05, 0.1) is 6.04 Å². The van der Waals surface area contributed by atoms with Crippen LogP contribution in [0.3, 0.4) is 0 Å². The first-order chi connectivity index (χ1) is 14.1. The van der Waals surface area contributed by atoms with Crippen LogP contribution in [-0.2, 0) is 6.42 Å². The minimum Gasteiger partial charge on any atom is -0.382 e. The molecule has 0 aliphatic heterocycles. The third-order valence-electron chi connectivity index (χ3n) is 5.30. The first-order valence-electron chi connectivity index (χ1n) is 9.77. The Labute approximate surface area is 176 Å². The van der Waals surface area contributed by atoms with Gasteiger partial charge < -0.3 is 15.4 Å². The van der Waals surface area contributed by atoms with Crippen LogP contribution in [0.2, 0.25) is 5.02 Å². The SMILES string of the molecule is C[C](O)c1c(CCN)n(C(c2ccccc2)c2ccccc2)c2ccc(Cl)cc12. The molecule has 0 atom stereocenters. The van der Waals surface area contributed by atoms with Crippen LogP contribution in [0.5, 0.6) is 0 Å². The lowest BCUT2D eigenvalue weighted by molar-refractivity contribution is 0.340. The molecule has 147 valence electrons. The number of hydrogen-bond acceptors (Lipinski definition) is 2. The van der Waals surface area contributed by atoms with Crippen LogP contribution < -0.4 is 5.73 Å². The summed E-state index contributed by atoms with van der Waals surface area (Å²) in [4.78, 5) is 0. The summed E-state index contributed by atoms with van der Waals surface area (Å²) in [5.41, 5.74) is 11.2. The molecule has 0 aliphatic rings. The number of aromatic nitrogens is 1. The Hall–Kier alpha value is -2.59. The Morgan fingerprint density at radius 2 is 1.55 bits per heavy atom. The summed E-state index contributed by atoms with van der Waals surface area (Å²) in [7, 11) is 0. The van der Waals surface area contributed by atoms with Gasteiger partial charge in [-0.1, -0.05) is 72.3 Å². The fourth-order valence-electron chi connectivity index (χ4n) is 4.18. The molecule has 4 heteroatoms.